The van der Waals surface area contributed by atoms with Gasteiger partial charge in [-0.25, -0.2) is 15.8 Å². The highest BCUT2D eigenvalue weighted by atomic mass is 16.1. The van der Waals surface area contributed by atoms with Gasteiger partial charge in [-0.2, -0.15) is 0 Å². The zero-order valence-electron chi connectivity index (χ0n) is 11.7. The molecule has 0 aromatic carbocycles. The molecule has 1 aromatic heterocycles. The first-order valence-corrected chi connectivity index (χ1v) is 6.35. The number of rotatable bonds is 7. The second kappa shape index (κ2) is 7.65. The summed E-state index contributed by atoms with van der Waals surface area (Å²) in [6.45, 7) is 5.68. The average molecular weight is 266 g/mol. The van der Waals surface area contributed by atoms with Crippen molar-refractivity contribution in [3.63, 3.8) is 0 Å². The average Bonchev–Trinajstić information content (AvgIpc) is 2.46. The van der Waals surface area contributed by atoms with Crippen LogP contribution in [-0.2, 0) is 0 Å². The van der Waals surface area contributed by atoms with Crippen LogP contribution in [-0.4, -0.2) is 47.0 Å². The van der Waals surface area contributed by atoms with Crippen molar-refractivity contribution in [2.45, 2.75) is 26.3 Å². The quantitative estimate of drug-likeness (QED) is 0.483. The van der Waals surface area contributed by atoms with Crippen molar-refractivity contribution in [2.75, 3.05) is 25.6 Å². The van der Waals surface area contributed by atoms with Gasteiger partial charge in [-0.05, 0) is 20.4 Å². The Hall–Kier alpha value is -1.73. The van der Waals surface area contributed by atoms with Crippen molar-refractivity contribution in [1.29, 1.82) is 0 Å². The Morgan fingerprint density at radius 1 is 1.47 bits per heavy atom. The summed E-state index contributed by atoms with van der Waals surface area (Å²) in [5, 5.41) is 2.81. The number of hydrogen-bond donors (Lipinski definition) is 3. The van der Waals surface area contributed by atoms with Crippen LogP contribution in [0.2, 0.25) is 0 Å². The van der Waals surface area contributed by atoms with E-state index in [-0.39, 0.29) is 11.6 Å². The van der Waals surface area contributed by atoms with E-state index in [1.807, 2.05) is 7.05 Å². The molecule has 1 aromatic rings. The smallest absolute Gasteiger partial charge is 0.271 e. The van der Waals surface area contributed by atoms with Crippen LogP contribution in [0.4, 0.5) is 5.82 Å². The lowest BCUT2D eigenvalue weighted by atomic mass is 10.2. The number of likely N-dealkylation sites (N-methyl/N-ethyl adjacent to an activating group) is 1. The second-order valence-electron chi connectivity index (χ2n) is 4.42. The van der Waals surface area contributed by atoms with Crippen molar-refractivity contribution in [1.82, 2.24) is 20.2 Å². The monoisotopic (exact) mass is 266 g/mol. The lowest BCUT2D eigenvalue weighted by Gasteiger charge is -2.23. The normalized spacial score (nSPS) is 12.3. The molecule has 0 spiro atoms. The van der Waals surface area contributed by atoms with Gasteiger partial charge in [-0.1, -0.05) is 6.92 Å². The zero-order chi connectivity index (χ0) is 14.3. The van der Waals surface area contributed by atoms with Gasteiger partial charge >= 0.3 is 0 Å². The van der Waals surface area contributed by atoms with E-state index in [1.165, 1.54) is 12.4 Å². The van der Waals surface area contributed by atoms with Gasteiger partial charge in [-0.3, -0.25) is 4.79 Å². The maximum absolute atomic E-state index is 11.8. The van der Waals surface area contributed by atoms with E-state index in [2.05, 4.69) is 39.5 Å². The number of anilines is 1. The van der Waals surface area contributed by atoms with Crippen molar-refractivity contribution in [3.05, 3.63) is 18.1 Å². The Bertz CT molecular complexity index is 394. The van der Waals surface area contributed by atoms with E-state index >= 15 is 0 Å². The number of hydrogen-bond acceptors (Lipinski definition) is 6. The van der Waals surface area contributed by atoms with E-state index < -0.39 is 0 Å². The van der Waals surface area contributed by atoms with E-state index in [0.29, 0.717) is 18.4 Å². The molecule has 0 aliphatic heterocycles. The number of nitrogen functional groups attached to an aromatic ring is 1. The maximum Gasteiger partial charge on any atom is 0.271 e. The number of aromatic nitrogens is 2. The molecule has 7 heteroatoms. The number of nitrogens with zero attached hydrogens (tertiary/aromatic N) is 3. The maximum atomic E-state index is 11.8. The molecular weight excluding hydrogens is 244 g/mol. The molecule has 1 heterocycles. The van der Waals surface area contributed by atoms with Gasteiger partial charge in [0.1, 0.15) is 5.69 Å². The molecule has 0 radical (unpaired) electrons. The Morgan fingerprint density at radius 2 is 2.21 bits per heavy atom. The van der Waals surface area contributed by atoms with Crippen LogP contribution in [0.5, 0.6) is 0 Å². The largest absolute Gasteiger partial charge is 0.349 e. The van der Waals surface area contributed by atoms with Crippen LogP contribution < -0.4 is 16.6 Å². The summed E-state index contributed by atoms with van der Waals surface area (Å²) < 4.78 is 0. The predicted octanol–water partition coefficient (Wildman–Crippen LogP) is 0.222. The fourth-order valence-electron chi connectivity index (χ4n) is 1.49. The molecule has 0 aliphatic rings. The highest BCUT2D eigenvalue weighted by molar-refractivity contribution is 5.91. The van der Waals surface area contributed by atoms with Gasteiger partial charge in [0.15, 0.2) is 5.82 Å². The Labute approximate surface area is 113 Å². The lowest BCUT2D eigenvalue weighted by Crippen LogP contribution is -2.37. The molecule has 1 atom stereocenters. The van der Waals surface area contributed by atoms with Crippen molar-refractivity contribution in [3.8, 4) is 0 Å². The van der Waals surface area contributed by atoms with E-state index in [9.17, 15) is 4.79 Å². The molecule has 4 N–H and O–H groups in total. The Kier molecular flexibility index (Phi) is 6.17. The third-order valence-electron chi connectivity index (χ3n) is 3.13. The summed E-state index contributed by atoms with van der Waals surface area (Å²) in [4.78, 5) is 21.9. The topological polar surface area (TPSA) is 96.2 Å². The first-order valence-electron chi connectivity index (χ1n) is 6.35. The summed E-state index contributed by atoms with van der Waals surface area (Å²) in [7, 11) is 2.04. The molecule has 1 unspecified atom stereocenters. The molecule has 106 valence electrons. The highest BCUT2D eigenvalue weighted by Gasteiger charge is 2.09. The summed E-state index contributed by atoms with van der Waals surface area (Å²) in [5.41, 5.74) is 2.64. The van der Waals surface area contributed by atoms with Gasteiger partial charge in [0, 0.05) is 19.1 Å². The van der Waals surface area contributed by atoms with Gasteiger partial charge in [0.2, 0.25) is 0 Å². The van der Waals surface area contributed by atoms with Crippen molar-refractivity contribution in [2.24, 2.45) is 5.84 Å². The van der Waals surface area contributed by atoms with Crippen LogP contribution in [0.25, 0.3) is 0 Å². The second-order valence-corrected chi connectivity index (χ2v) is 4.42. The van der Waals surface area contributed by atoms with E-state index in [1.54, 1.807) is 0 Å². The lowest BCUT2D eigenvalue weighted by molar-refractivity contribution is 0.0942. The molecule has 0 saturated heterocycles. The summed E-state index contributed by atoms with van der Waals surface area (Å²) in [6.07, 6.45) is 3.90. The third kappa shape index (κ3) is 4.80. The van der Waals surface area contributed by atoms with Gasteiger partial charge in [-0.15, -0.1) is 0 Å². The number of carbonyl (C=O) groups excluding carboxylic acids is 1. The number of nitrogens with two attached hydrogens (primary N) is 1. The Balaban J connectivity index is 2.38. The summed E-state index contributed by atoms with van der Waals surface area (Å²) in [5.74, 6) is 5.37. The van der Waals surface area contributed by atoms with Gasteiger partial charge in [0.25, 0.3) is 5.91 Å². The molecule has 0 fully saturated rings. The van der Waals surface area contributed by atoms with Gasteiger partial charge in [0.05, 0.1) is 12.4 Å². The molecular formula is C12H22N6O. The van der Waals surface area contributed by atoms with Crippen molar-refractivity contribution < 1.29 is 4.79 Å². The van der Waals surface area contributed by atoms with Crippen molar-refractivity contribution >= 4 is 11.7 Å². The van der Waals surface area contributed by atoms with Crippen LogP contribution in [0.1, 0.15) is 30.8 Å². The Morgan fingerprint density at radius 3 is 2.74 bits per heavy atom. The predicted molar refractivity (Wildman–Crippen MR) is 74.6 cm³/mol. The zero-order valence-corrected chi connectivity index (χ0v) is 11.7. The summed E-state index contributed by atoms with van der Waals surface area (Å²) in [6, 6.07) is 0.506. The molecule has 0 saturated carbocycles. The van der Waals surface area contributed by atoms with E-state index in [0.717, 1.165) is 13.0 Å². The van der Waals surface area contributed by atoms with Crippen LogP contribution in [0.3, 0.4) is 0 Å². The van der Waals surface area contributed by atoms with Crippen LogP contribution in [0.15, 0.2) is 12.4 Å². The van der Waals surface area contributed by atoms with E-state index in [4.69, 9.17) is 5.84 Å². The minimum Gasteiger partial charge on any atom is -0.349 e. The SMILES string of the molecule is CCC(C)N(C)CCNC(=O)c1cnc(NN)cn1. The summed E-state index contributed by atoms with van der Waals surface area (Å²) >= 11 is 0. The number of hydrazine groups is 1. The minimum absolute atomic E-state index is 0.228. The van der Waals surface area contributed by atoms with Gasteiger partial charge < -0.3 is 15.6 Å². The first kappa shape index (κ1) is 15.3. The fraction of sp³-hybridized carbons (Fsp3) is 0.583. The number of carbonyl (C=O) groups is 1. The minimum atomic E-state index is -0.228. The highest BCUT2D eigenvalue weighted by Crippen LogP contribution is 2.00. The molecule has 0 bridgehead atoms. The number of amides is 1. The molecule has 1 amide bonds. The third-order valence-corrected chi connectivity index (χ3v) is 3.13. The standard InChI is InChI=1S/C12H22N6O/c1-4-9(2)18(3)6-5-14-12(19)10-7-16-11(17-13)8-15-10/h7-9H,4-6,13H2,1-3H3,(H,14,19)(H,16,17). The number of nitrogens with one attached hydrogen (secondary N) is 2. The van der Waals surface area contributed by atoms with Crippen LogP contribution in [0, 0.1) is 0 Å². The molecule has 0 aliphatic carbocycles. The molecule has 19 heavy (non-hydrogen) atoms. The fourth-order valence-corrected chi connectivity index (χ4v) is 1.49. The molecule has 1 rings (SSSR count). The first-order chi connectivity index (χ1) is 9.08. The van der Waals surface area contributed by atoms with Crippen LogP contribution >= 0.6 is 0 Å². The molecule has 7 nitrogen and oxygen atoms in total.